The summed E-state index contributed by atoms with van der Waals surface area (Å²) in [5, 5.41) is 10.5. The van der Waals surface area contributed by atoms with Crippen LogP contribution in [0.4, 0.5) is 0 Å². The van der Waals surface area contributed by atoms with E-state index in [2.05, 4.69) is 6.07 Å². The van der Waals surface area contributed by atoms with E-state index >= 15 is 0 Å². The predicted octanol–water partition coefficient (Wildman–Crippen LogP) is 5.98. The molecule has 1 aliphatic rings. The van der Waals surface area contributed by atoms with E-state index in [1.165, 1.54) is 6.07 Å². The Kier molecular flexibility index (Phi) is 7.89. The van der Waals surface area contributed by atoms with Crippen LogP contribution in [0, 0.1) is 11.3 Å². The zero-order valence-corrected chi connectivity index (χ0v) is 20.8. The Balaban J connectivity index is 1.52. The number of nitriles is 1. The molecule has 0 bridgehead atoms. The molecule has 3 aromatic rings. The number of hydrogen-bond acceptors (Lipinski definition) is 7. The second kappa shape index (κ2) is 11.3. The van der Waals surface area contributed by atoms with Crippen LogP contribution in [0.3, 0.4) is 0 Å². The van der Waals surface area contributed by atoms with Crippen LogP contribution in [0.15, 0.2) is 72.1 Å². The molecular weight excluding hydrogens is 503 g/mol. The second-order valence-electron chi connectivity index (χ2n) is 7.88. The van der Waals surface area contributed by atoms with Crippen molar-refractivity contribution in [2.45, 2.75) is 19.3 Å². The first-order valence-electron chi connectivity index (χ1n) is 11.1. The summed E-state index contributed by atoms with van der Waals surface area (Å²) in [5.74, 6) is 0.576. The summed E-state index contributed by atoms with van der Waals surface area (Å²) in [4.78, 5) is 12.3. The number of esters is 1. The van der Waals surface area contributed by atoms with E-state index in [0.29, 0.717) is 34.3 Å². The lowest BCUT2D eigenvalue weighted by atomic mass is 9.83. The standard InChI is InChI=1S/C27H22Cl2N2O5/c1-2-11-33-18-6-3-16(4-7-18)26-20-9-8-19(13-24(20)36-27(31)21(26)14-30)35-25(32)15-34-23-10-5-17(28)12-22(23)29/h3-10,12-13,26H,2,11,15,31H2,1H3. The fourth-order valence-electron chi connectivity index (χ4n) is 3.71. The summed E-state index contributed by atoms with van der Waals surface area (Å²) in [5.41, 5.74) is 7.93. The minimum absolute atomic E-state index is 0.00880. The molecule has 2 N–H and O–H groups in total. The SMILES string of the molecule is CCCOc1ccc(C2C(C#N)=C(N)Oc3cc(OC(=O)COc4ccc(Cl)cc4Cl)ccc32)cc1. The summed E-state index contributed by atoms with van der Waals surface area (Å²) < 4.78 is 22.2. The summed E-state index contributed by atoms with van der Waals surface area (Å²) in [6.07, 6.45) is 0.904. The van der Waals surface area contributed by atoms with Gasteiger partial charge in [0, 0.05) is 16.7 Å². The van der Waals surface area contributed by atoms with E-state index in [9.17, 15) is 10.1 Å². The molecule has 9 heteroatoms. The fourth-order valence-corrected chi connectivity index (χ4v) is 4.17. The molecule has 0 aliphatic carbocycles. The van der Waals surface area contributed by atoms with Crippen molar-refractivity contribution < 1.29 is 23.7 Å². The van der Waals surface area contributed by atoms with Gasteiger partial charge >= 0.3 is 5.97 Å². The smallest absolute Gasteiger partial charge is 0.349 e. The number of allylic oxidation sites excluding steroid dienone is 1. The average Bonchev–Trinajstić information content (AvgIpc) is 2.86. The van der Waals surface area contributed by atoms with Crippen LogP contribution in [0.1, 0.15) is 30.4 Å². The van der Waals surface area contributed by atoms with E-state index in [4.69, 9.17) is 47.9 Å². The number of hydrogen-bond donors (Lipinski definition) is 1. The van der Waals surface area contributed by atoms with Crippen LogP contribution < -0.4 is 24.7 Å². The van der Waals surface area contributed by atoms with Crippen molar-refractivity contribution in [3.63, 3.8) is 0 Å². The van der Waals surface area contributed by atoms with E-state index in [-0.39, 0.29) is 23.3 Å². The van der Waals surface area contributed by atoms with Crippen LogP contribution in [-0.2, 0) is 4.79 Å². The Morgan fingerprint density at radius 3 is 2.50 bits per heavy atom. The van der Waals surface area contributed by atoms with Gasteiger partial charge in [-0.2, -0.15) is 5.26 Å². The summed E-state index contributed by atoms with van der Waals surface area (Å²) in [7, 11) is 0. The van der Waals surface area contributed by atoms with Gasteiger partial charge in [-0.15, -0.1) is 0 Å². The topological polar surface area (TPSA) is 104 Å². The number of ether oxygens (including phenoxy) is 4. The highest BCUT2D eigenvalue weighted by molar-refractivity contribution is 6.35. The van der Waals surface area contributed by atoms with Gasteiger partial charge in [-0.05, 0) is 48.4 Å². The first-order chi connectivity index (χ1) is 17.4. The Morgan fingerprint density at radius 2 is 1.81 bits per heavy atom. The van der Waals surface area contributed by atoms with Gasteiger partial charge in [0.2, 0.25) is 5.88 Å². The van der Waals surface area contributed by atoms with Gasteiger partial charge < -0.3 is 24.7 Å². The third-order valence-electron chi connectivity index (χ3n) is 5.35. The Morgan fingerprint density at radius 1 is 1.06 bits per heavy atom. The number of nitrogens with two attached hydrogens (primary N) is 1. The van der Waals surface area contributed by atoms with Gasteiger partial charge in [-0.25, -0.2) is 4.79 Å². The van der Waals surface area contributed by atoms with Gasteiger partial charge in [-0.1, -0.05) is 48.3 Å². The van der Waals surface area contributed by atoms with Crippen LogP contribution in [0.2, 0.25) is 10.0 Å². The average molecular weight is 525 g/mol. The maximum atomic E-state index is 12.3. The second-order valence-corrected chi connectivity index (χ2v) is 8.72. The van der Waals surface area contributed by atoms with Gasteiger partial charge in [0.1, 0.15) is 34.6 Å². The van der Waals surface area contributed by atoms with Gasteiger partial charge in [0.25, 0.3) is 0 Å². The molecule has 0 aromatic heterocycles. The first-order valence-corrected chi connectivity index (χ1v) is 11.9. The largest absolute Gasteiger partial charge is 0.494 e. The molecule has 3 aromatic carbocycles. The Bertz CT molecular complexity index is 1350. The van der Waals surface area contributed by atoms with Crippen molar-refractivity contribution in [3.05, 3.63) is 93.3 Å². The zero-order valence-electron chi connectivity index (χ0n) is 19.3. The van der Waals surface area contributed by atoms with Crippen LogP contribution in [0.25, 0.3) is 0 Å². The van der Waals surface area contributed by atoms with Crippen LogP contribution >= 0.6 is 23.2 Å². The Hall–Kier alpha value is -3.86. The van der Waals surface area contributed by atoms with Crippen molar-refractivity contribution in [1.82, 2.24) is 0 Å². The Labute approximate surface area is 218 Å². The highest BCUT2D eigenvalue weighted by atomic mass is 35.5. The molecule has 0 spiro atoms. The maximum Gasteiger partial charge on any atom is 0.349 e. The number of fused-ring (bicyclic) bond motifs is 1. The monoisotopic (exact) mass is 524 g/mol. The summed E-state index contributed by atoms with van der Waals surface area (Å²) in [6.45, 7) is 2.29. The predicted molar refractivity (Wildman–Crippen MR) is 136 cm³/mol. The first kappa shape index (κ1) is 25.2. The number of carbonyl (C=O) groups is 1. The van der Waals surface area contributed by atoms with Crippen molar-refractivity contribution in [3.8, 4) is 29.1 Å². The number of benzene rings is 3. The lowest BCUT2D eigenvalue weighted by Gasteiger charge is -2.26. The molecule has 1 unspecified atom stereocenters. The minimum Gasteiger partial charge on any atom is -0.494 e. The van der Waals surface area contributed by atoms with E-state index in [0.717, 1.165) is 17.7 Å². The molecule has 36 heavy (non-hydrogen) atoms. The summed E-state index contributed by atoms with van der Waals surface area (Å²) >= 11 is 11.9. The van der Waals surface area contributed by atoms with Crippen molar-refractivity contribution in [1.29, 1.82) is 5.26 Å². The molecule has 0 amide bonds. The lowest BCUT2D eigenvalue weighted by molar-refractivity contribution is -0.136. The molecule has 1 atom stereocenters. The van der Waals surface area contributed by atoms with Crippen molar-refractivity contribution in [2.75, 3.05) is 13.2 Å². The zero-order chi connectivity index (χ0) is 25.7. The van der Waals surface area contributed by atoms with Crippen LogP contribution in [0.5, 0.6) is 23.0 Å². The number of halogens is 2. The normalized spacial score (nSPS) is 14.3. The molecule has 0 saturated carbocycles. The van der Waals surface area contributed by atoms with Gasteiger partial charge in [-0.3, -0.25) is 0 Å². The molecule has 0 radical (unpaired) electrons. The number of nitrogens with zero attached hydrogens (tertiary/aromatic N) is 1. The van der Waals surface area contributed by atoms with Gasteiger partial charge in [0.05, 0.1) is 17.5 Å². The third-order valence-corrected chi connectivity index (χ3v) is 5.88. The van der Waals surface area contributed by atoms with E-state index < -0.39 is 11.9 Å². The number of rotatable bonds is 8. The summed E-state index contributed by atoms with van der Waals surface area (Å²) in [6, 6.07) is 19.2. The molecule has 0 saturated heterocycles. The fraction of sp³-hybridized carbons (Fsp3) is 0.185. The maximum absolute atomic E-state index is 12.3. The quantitative estimate of drug-likeness (QED) is 0.285. The highest BCUT2D eigenvalue weighted by Crippen LogP contribution is 2.43. The minimum atomic E-state index is -0.641. The molecule has 1 aliphatic heterocycles. The van der Waals surface area contributed by atoms with Crippen LogP contribution in [-0.4, -0.2) is 19.2 Å². The lowest BCUT2D eigenvalue weighted by Crippen LogP contribution is -2.21. The molecule has 1 heterocycles. The molecule has 0 fully saturated rings. The van der Waals surface area contributed by atoms with E-state index in [1.54, 1.807) is 30.3 Å². The number of carbonyl (C=O) groups excluding carboxylic acids is 1. The molecule has 4 rings (SSSR count). The van der Waals surface area contributed by atoms with Crippen molar-refractivity contribution in [2.24, 2.45) is 5.73 Å². The molecular formula is C27H22Cl2N2O5. The molecule has 7 nitrogen and oxygen atoms in total. The van der Waals surface area contributed by atoms with Gasteiger partial charge in [0.15, 0.2) is 6.61 Å². The van der Waals surface area contributed by atoms with E-state index in [1.807, 2.05) is 31.2 Å². The third kappa shape index (κ3) is 5.68. The molecule has 184 valence electrons. The van der Waals surface area contributed by atoms with Crippen molar-refractivity contribution >= 4 is 29.2 Å². The highest BCUT2D eigenvalue weighted by Gasteiger charge is 2.31.